The zero-order chi connectivity index (χ0) is 15.4. The molecule has 0 aliphatic carbocycles. The molecule has 1 amide bonds. The Labute approximate surface area is 133 Å². The molecule has 1 aliphatic rings. The number of hydrogen-bond donors (Lipinski definition) is 0. The van der Waals surface area contributed by atoms with Crippen LogP contribution >= 0.6 is 11.3 Å². The average Bonchev–Trinajstić information content (AvgIpc) is 2.99. The minimum atomic E-state index is 0.0839. The fourth-order valence-electron chi connectivity index (χ4n) is 2.59. The fourth-order valence-corrected chi connectivity index (χ4v) is 3.36. The molecule has 0 saturated carbocycles. The lowest BCUT2D eigenvalue weighted by atomic mass is 9.99. The van der Waals surface area contributed by atoms with Crippen molar-refractivity contribution in [1.82, 2.24) is 19.9 Å². The highest BCUT2D eigenvalue weighted by Crippen LogP contribution is 2.22. The molecule has 2 aromatic heterocycles. The van der Waals surface area contributed by atoms with Crippen molar-refractivity contribution in [2.45, 2.75) is 19.8 Å². The Morgan fingerprint density at radius 1 is 1.41 bits per heavy atom. The largest absolute Gasteiger partial charge is 0.463 e. The van der Waals surface area contributed by atoms with Crippen molar-refractivity contribution in [2.24, 2.45) is 5.92 Å². The van der Waals surface area contributed by atoms with E-state index in [-0.39, 0.29) is 5.91 Å². The summed E-state index contributed by atoms with van der Waals surface area (Å²) in [6, 6.07) is 2.15. The first kappa shape index (κ1) is 14.9. The lowest BCUT2D eigenvalue weighted by Gasteiger charge is -2.32. The summed E-state index contributed by atoms with van der Waals surface area (Å²) in [6.45, 7) is 3.92. The van der Waals surface area contributed by atoms with E-state index in [4.69, 9.17) is 4.74 Å². The van der Waals surface area contributed by atoms with Gasteiger partial charge in [-0.25, -0.2) is 15.0 Å². The smallest absolute Gasteiger partial charge is 0.316 e. The zero-order valence-electron chi connectivity index (χ0n) is 12.4. The predicted octanol–water partition coefficient (Wildman–Crippen LogP) is 2.17. The summed E-state index contributed by atoms with van der Waals surface area (Å²) in [4.78, 5) is 27.4. The van der Waals surface area contributed by atoms with Crippen LogP contribution in [0.15, 0.2) is 24.0 Å². The van der Waals surface area contributed by atoms with Gasteiger partial charge >= 0.3 is 6.01 Å². The minimum Gasteiger partial charge on any atom is -0.463 e. The van der Waals surface area contributed by atoms with Gasteiger partial charge < -0.3 is 9.64 Å². The second-order valence-electron chi connectivity index (χ2n) is 5.37. The molecule has 7 heteroatoms. The highest BCUT2D eigenvalue weighted by atomic mass is 32.1. The lowest BCUT2D eigenvalue weighted by Crippen LogP contribution is -2.41. The van der Waals surface area contributed by atoms with Gasteiger partial charge in [-0.2, -0.15) is 0 Å². The molecule has 1 unspecified atom stereocenters. The Morgan fingerprint density at radius 3 is 2.95 bits per heavy atom. The molecule has 1 aliphatic heterocycles. The van der Waals surface area contributed by atoms with Crippen molar-refractivity contribution in [2.75, 3.05) is 19.7 Å². The van der Waals surface area contributed by atoms with E-state index in [2.05, 4.69) is 15.0 Å². The summed E-state index contributed by atoms with van der Waals surface area (Å²) in [5, 5.41) is 0. The molecule has 0 N–H and O–H groups in total. The normalized spacial score (nSPS) is 18.2. The number of thiazole rings is 1. The van der Waals surface area contributed by atoms with Crippen molar-refractivity contribution in [3.8, 4) is 6.01 Å². The Morgan fingerprint density at radius 2 is 2.23 bits per heavy atom. The number of carbonyl (C=O) groups excluding carboxylic acids is 1. The summed E-state index contributed by atoms with van der Waals surface area (Å²) in [7, 11) is 0. The number of hydrogen-bond acceptors (Lipinski definition) is 6. The Kier molecular flexibility index (Phi) is 4.62. The highest BCUT2D eigenvalue weighted by molar-refractivity contribution is 7.11. The molecule has 0 spiro atoms. The summed E-state index contributed by atoms with van der Waals surface area (Å²) in [5.74, 6) is 0.399. The molecule has 116 valence electrons. The standard InChI is InChI=1S/C15H18N4O2S/c1-11-13(22-10-18-11)14(20)19-7-2-4-12(8-19)9-21-15-16-5-3-6-17-15/h3,5-6,10,12H,2,4,7-9H2,1H3. The number of amides is 1. The van der Waals surface area contributed by atoms with Gasteiger partial charge in [0.2, 0.25) is 0 Å². The molecule has 1 fully saturated rings. The molecule has 2 aromatic rings. The summed E-state index contributed by atoms with van der Waals surface area (Å²) < 4.78 is 5.62. The average molecular weight is 318 g/mol. The quantitative estimate of drug-likeness (QED) is 0.864. The van der Waals surface area contributed by atoms with Gasteiger partial charge in [0.15, 0.2) is 0 Å². The van der Waals surface area contributed by atoms with E-state index in [9.17, 15) is 4.79 Å². The van der Waals surface area contributed by atoms with Crippen molar-refractivity contribution >= 4 is 17.2 Å². The van der Waals surface area contributed by atoms with Gasteiger partial charge in [-0.15, -0.1) is 11.3 Å². The fraction of sp³-hybridized carbons (Fsp3) is 0.467. The SMILES string of the molecule is Cc1ncsc1C(=O)N1CCCC(COc2ncccn2)C1. The van der Waals surface area contributed by atoms with Gasteiger partial charge in [-0.3, -0.25) is 4.79 Å². The molecular formula is C15H18N4O2S. The molecule has 3 heterocycles. The second kappa shape index (κ2) is 6.83. The van der Waals surface area contributed by atoms with E-state index in [0.717, 1.165) is 30.0 Å². The van der Waals surface area contributed by atoms with Gasteiger partial charge in [-0.05, 0) is 25.8 Å². The van der Waals surface area contributed by atoms with E-state index < -0.39 is 0 Å². The zero-order valence-corrected chi connectivity index (χ0v) is 13.3. The summed E-state index contributed by atoms with van der Waals surface area (Å²) >= 11 is 1.41. The van der Waals surface area contributed by atoms with Gasteiger partial charge in [0.1, 0.15) is 4.88 Å². The molecule has 1 saturated heterocycles. The summed E-state index contributed by atoms with van der Waals surface area (Å²) in [5.41, 5.74) is 2.53. The van der Waals surface area contributed by atoms with Crippen molar-refractivity contribution in [3.63, 3.8) is 0 Å². The van der Waals surface area contributed by atoms with Crippen molar-refractivity contribution in [1.29, 1.82) is 0 Å². The third-order valence-corrected chi connectivity index (χ3v) is 4.65. The van der Waals surface area contributed by atoms with E-state index in [1.807, 2.05) is 11.8 Å². The van der Waals surface area contributed by atoms with Crippen LogP contribution in [0.5, 0.6) is 6.01 Å². The van der Waals surface area contributed by atoms with Crippen molar-refractivity contribution in [3.05, 3.63) is 34.5 Å². The number of rotatable bonds is 4. The maximum atomic E-state index is 12.5. The number of aromatic nitrogens is 3. The molecule has 0 aromatic carbocycles. The Balaban J connectivity index is 1.57. The van der Waals surface area contributed by atoms with Crippen LogP contribution in [0, 0.1) is 12.8 Å². The maximum Gasteiger partial charge on any atom is 0.316 e. The van der Waals surface area contributed by atoms with Crippen LogP contribution < -0.4 is 4.74 Å². The predicted molar refractivity (Wildman–Crippen MR) is 83.0 cm³/mol. The van der Waals surface area contributed by atoms with Crippen LogP contribution in [-0.2, 0) is 0 Å². The molecule has 3 rings (SSSR count). The third kappa shape index (κ3) is 3.41. The third-order valence-electron chi connectivity index (χ3n) is 3.74. The monoisotopic (exact) mass is 318 g/mol. The first-order valence-corrected chi connectivity index (χ1v) is 8.21. The summed E-state index contributed by atoms with van der Waals surface area (Å²) in [6.07, 6.45) is 5.36. The Hall–Kier alpha value is -2.02. The molecule has 0 radical (unpaired) electrons. The van der Waals surface area contributed by atoms with Crippen LogP contribution in [0.4, 0.5) is 0 Å². The first-order chi connectivity index (χ1) is 10.7. The van der Waals surface area contributed by atoms with Gasteiger partial charge in [0.05, 0.1) is 17.8 Å². The number of piperidine rings is 1. The molecule has 0 bridgehead atoms. The molecular weight excluding hydrogens is 300 g/mol. The second-order valence-corrected chi connectivity index (χ2v) is 6.22. The molecule has 6 nitrogen and oxygen atoms in total. The van der Waals surface area contributed by atoms with Gasteiger partial charge in [0, 0.05) is 31.4 Å². The highest BCUT2D eigenvalue weighted by Gasteiger charge is 2.26. The van der Waals surface area contributed by atoms with Crippen LogP contribution in [0.2, 0.25) is 0 Å². The van der Waals surface area contributed by atoms with E-state index >= 15 is 0 Å². The van der Waals surface area contributed by atoms with E-state index in [1.54, 1.807) is 24.0 Å². The maximum absolute atomic E-state index is 12.5. The molecule has 1 atom stereocenters. The number of ether oxygens (including phenoxy) is 1. The van der Waals surface area contributed by atoms with Crippen LogP contribution in [0.25, 0.3) is 0 Å². The van der Waals surface area contributed by atoms with E-state index in [1.165, 1.54) is 11.3 Å². The van der Waals surface area contributed by atoms with Crippen molar-refractivity contribution < 1.29 is 9.53 Å². The van der Waals surface area contributed by atoms with Crippen LogP contribution in [-0.4, -0.2) is 45.5 Å². The number of carbonyl (C=O) groups is 1. The number of aryl methyl sites for hydroxylation is 1. The van der Waals surface area contributed by atoms with Gasteiger partial charge in [0.25, 0.3) is 5.91 Å². The van der Waals surface area contributed by atoms with Gasteiger partial charge in [-0.1, -0.05) is 0 Å². The Bertz CT molecular complexity index is 631. The lowest BCUT2D eigenvalue weighted by molar-refractivity contribution is 0.0632. The van der Waals surface area contributed by atoms with Crippen LogP contribution in [0.1, 0.15) is 28.2 Å². The van der Waals surface area contributed by atoms with E-state index in [0.29, 0.717) is 25.1 Å². The first-order valence-electron chi connectivity index (χ1n) is 7.33. The number of nitrogens with zero attached hydrogens (tertiary/aromatic N) is 4. The minimum absolute atomic E-state index is 0.0839. The van der Waals surface area contributed by atoms with Crippen LogP contribution in [0.3, 0.4) is 0 Å². The topological polar surface area (TPSA) is 68.2 Å². The number of likely N-dealkylation sites (tertiary alicyclic amines) is 1. The molecule has 22 heavy (non-hydrogen) atoms.